The fraction of sp³-hybridized carbons (Fsp3) is 0.231. The Morgan fingerprint density at radius 1 is 1.47 bits per heavy atom. The molecule has 0 bridgehead atoms. The van der Waals surface area contributed by atoms with Crippen molar-refractivity contribution >= 4 is 33.3 Å². The van der Waals surface area contributed by atoms with Crippen LogP contribution in [0, 0.1) is 6.92 Å². The smallest absolute Gasteiger partial charge is 0.294 e. The number of carbonyl (C=O) groups is 1. The summed E-state index contributed by atoms with van der Waals surface area (Å²) in [5.74, 6) is 0. The maximum absolute atomic E-state index is 10.2. The van der Waals surface area contributed by atoms with E-state index in [-0.39, 0.29) is 5.01 Å². The van der Waals surface area contributed by atoms with Crippen LogP contribution in [0.3, 0.4) is 0 Å². The predicted octanol–water partition coefficient (Wildman–Crippen LogP) is 2.98. The van der Waals surface area contributed by atoms with Crippen LogP contribution in [-0.2, 0) is 16.0 Å². The summed E-state index contributed by atoms with van der Waals surface area (Å²) >= 11 is 3.29. The molecule has 17 heavy (non-hydrogen) atoms. The van der Waals surface area contributed by atoms with Gasteiger partial charge in [0.15, 0.2) is 5.01 Å². The molecular formula is C13H12BrNO2. The van der Waals surface area contributed by atoms with E-state index in [9.17, 15) is 4.79 Å². The molecule has 1 atom stereocenters. The van der Waals surface area contributed by atoms with Crippen LogP contribution in [0.25, 0.3) is 10.9 Å². The number of aromatic nitrogens is 1. The van der Waals surface area contributed by atoms with E-state index in [0.29, 0.717) is 12.9 Å². The van der Waals surface area contributed by atoms with Crippen molar-refractivity contribution < 1.29 is 9.53 Å². The maximum atomic E-state index is 10.2. The van der Waals surface area contributed by atoms with Crippen LogP contribution in [-0.4, -0.2) is 16.5 Å². The summed E-state index contributed by atoms with van der Waals surface area (Å²) in [5.41, 5.74) is 3.23. The standard InChI is InChI=1S/C13H12BrNO2/c1-9-10(6-13(14)17-8-16)7-15-12-5-3-2-4-11(9)12/h2-5,7-8,13H,6H2,1H3. The number of pyridine rings is 1. The highest BCUT2D eigenvalue weighted by Crippen LogP contribution is 2.21. The van der Waals surface area contributed by atoms with Gasteiger partial charge in [-0.2, -0.15) is 0 Å². The number of para-hydroxylation sites is 1. The van der Waals surface area contributed by atoms with E-state index in [1.165, 1.54) is 5.56 Å². The molecule has 1 heterocycles. The van der Waals surface area contributed by atoms with Crippen molar-refractivity contribution in [3.05, 3.63) is 41.6 Å². The molecule has 3 nitrogen and oxygen atoms in total. The summed E-state index contributed by atoms with van der Waals surface area (Å²) in [5, 5.41) is 0.831. The second-order valence-electron chi connectivity index (χ2n) is 3.77. The SMILES string of the molecule is Cc1c(CC(Br)OC=O)cnc2ccccc12. The van der Waals surface area contributed by atoms with E-state index >= 15 is 0 Å². The monoisotopic (exact) mass is 293 g/mol. The maximum Gasteiger partial charge on any atom is 0.294 e. The molecule has 0 aliphatic rings. The lowest BCUT2D eigenvalue weighted by Gasteiger charge is -2.11. The van der Waals surface area contributed by atoms with Crippen molar-refractivity contribution in [2.45, 2.75) is 18.4 Å². The molecule has 0 spiro atoms. The van der Waals surface area contributed by atoms with Crippen LogP contribution in [0.15, 0.2) is 30.5 Å². The van der Waals surface area contributed by atoms with Gasteiger partial charge in [0.2, 0.25) is 0 Å². The minimum Gasteiger partial charge on any atom is -0.453 e. The molecule has 0 saturated carbocycles. The molecule has 2 rings (SSSR count). The van der Waals surface area contributed by atoms with Gasteiger partial charge < -0.3 is 4.74 Å². The van der Waals surface area contributed by atoms with Gasteiger partial charge in [-0.05, 0) is 40.0 Å². The first-order valence-electron chi connectivity index (χ1n) is 5.28. The molecule has 0 fully saturated rings. The Kier molecular flexibility index (Phi) is 3.74. The van der Waals surface area contributed by atoms with Gasteiger partial charge in [0, 0.05) is 18.0 Å². The lowest BCUT2D eigenvalue weighted by Crippen LogP contribution is -2.08. The van der Waals surface area contributed by atoms with Crippen LogP contribution in [0.2, 0.25) is 0 Å². The van der Waals surface area contributed by atoms with Crippen molar-refractivity contribution in [3.63, 3.8) is 0 Å². The highest BCUT2D eigenvalue weighted by atomic mass is 79.9. The molecule has 1 unspecified atom stereocenters. The van der Waals surface area contributed by atoms with Crippen molar-refractivity contribution in [2.75, 3.05) is 0 Å². The molecule has 0 aliphatic heterocycles. The first-order chi connectivity index (χ1) is 8.22. The van der Waals surface area contributed by atoms with Gasteiger partial charge in [0.05, 0.1) is 5.52 Å². The van der Waals surface area contributed by atoms with Crippen LogP contribution < -0.4 is 0 Å². The van der Waals surface area contributed by atoms with Crippen molar-refractivity contribution in [1.82, 2.24) is 4.98 Å². The first-order valence-corrected chi connectivity index (χ1v) is 6.20. The fourth-order valence-electron chi connectivity index (χ4n) is 1.81. The van der Waals surface area contributed by atoms with Crippen LogP contribution in [0.1, 0.15) is 11.1 Å². The largest absolute Gasteiger partial charge is 0.453 e. The van der Waals surface area contributed by atoms with Crippen LogP contribution in [0.4, 0.5) is 0 Å². The molecule has 0 amide bonds. The zero-order valence-corrected chi connectivity index (χ0v) is 11.0. The Hall–Kier alpha value is -1.42. The van der Waals surface area contributed by atoms with E-state index in [0.717, 1.165) is 16.5 Å². The number of alkyl halides is 1. The zero-order chi connectivity index (χ0) is 12.3. The third-order valence-electron chi connectivity index (χ3n) is 2.73. The van der Waals surface area contributed by atoms with Crippen molar-refractivity contribution in [3.8, 4) is 0 Å². The molecular weight excluding hydrogens is 282 g/mol. The normalized spacial score (nSPS) is 12.4. The summed E-state index contributed by atoms with van der Waals surface area (Å²) < 4.78 is 4.82. The molecule has 4 heteroatoms. The first kappa shape index (κ1) is 12.0. The predicted molar refractivity (Wildman–Crippen MR) is 70.0 cm³/mol. The topological polar surface area (TPSA) is 39.2 Å². The number of hydrogen-bond acceptors (Lipinski definition) is 3. The summed E-state index contributed by atoms with van der Waals surface area (Å²) in [6.45, 7) is 2.50. The summed E-state index contributed by atoms with van der Waals surface area (Å²) in [7, 11) is 0. The van der Waals surface area contributed by atoms with Gasteiger partial charge in [-0.25, -0.2) is 0 Å². The molecule has 88 valence electrons. The van der Waals surface area contributed by atoms with E-state index in [1.807, 2.05) is 30.5 Å². The fourth-order valence-corrected chi connectivity index (χ4v) is 2.24. The van der Waals surface area contributed by atoms with E-state index in [2.05, 4.69) is 27.8 Å². The van der Waals surface area contributed by atoms with E-state index < -0.39 is 0 Å². The molecule has 0 N–H and O–H groups in total. The van der Waals surface area contributed by atoms with Gasteiger partial charge in [0.1, 0.15) is 0 Å². The summed E-state index contributed by atoms with van der Waals surface area (Å²) in [4.78, 5) is 14.6. The van der Waals surface area contributed by atoms with Gasteiger partial charge in [0.25, 0.3) is 6.47 Å². The van der Waals surface area contributed by atoms with E-state index in [1.54, 1.807) is 0 Å². The number of aryl methyl sites for hydroxylation is 1. The van der Waals surface area contributed by atoms with Gasteiger partial charge >= 0.3 is 0 Å². The number of hydrogen-bond donors (Lipinski definition) is 0. The minimum absolute atomic E-state index is 0.304. The van der Waals surface area contributed by atoms with E-state index in [4.69, 9.17) is 4.74 Å². The molecule has 0 aliphatic carbocycles. The van der Waals surface area contributed by atoms with Crippen LogP contribution in [0.5, 0.6) is 0 Å². The third kappa shape index (κ3) is 2.64. The summed E-state index contributed by atoms with van der Waals surface area (Å²) in [6, 6.07) is 8.00. The average molecular weight is 294 g/mol. The van der Waals surface area contributed by atoms with Crippen LogP contribution >= 0.6 is 15.9 Å². The number of fused-ring (bicyclic) bond motifs is 1. The quantitative estimate of drug-likeness (QED) is 0.643. The summed E-state index contributed by atoms with van der Waals surface area (Å²) in [6.07, 6.45) is 2.45. The van der Waals surface area contributed by atoms with Gasteiger partial charge in [-0.15, -0.1) is 0 Å². The highest BCUT2D eigenvalue weighted by Gasteiger charge is 2.10. The second kappa shape index (κ2) is 5.27. The lowest BCUT2D eigenvalue weighted by molar-refractivity contribution is -0.129. The Morgan fingerprint density at radius 2 is 2.24 bits per heavy atom. The number of rotatable bonds is 4. The average Bonchev–Trinajstić information content (AvgIpc) is 2.33. The zero-order valence-electron chi connectivity index (χ0n) is 9.39. The number of ether oxygens (including phenoxy) is 1. The number of nitrogens with zero attached hydrogens (tertiary/aromatic N) is 1. The number of benzene rings is 1. The molecule has 0 saturated heterocycles. The number of carbonyl (C=O) groups excluding carboxylic acids is 1. The van der Waals surface area contributed by atoms with Gasteiger partial charge in [-0.1, -0.05) is 18.2 Å². The highest BCUT2D eigenvalue weighted by molar-refractivity contribution is 9.09. The Labute approximate surface area is 108 Å². The van der Waals surface area contributed by atoms with Crippen molar-refractivity contribution in [2.24, 2.45) is 0 Å². The molecule has 0 radical (unpaired) electrons. The van der Waals surface area contributed by atoms with Gasteiger partial charge in [-0.3, -0.25) is 9.78 Å². The molecule has 2 aromatic rings. The molecule has 1 aromatic carbocycles. The Bertz CT molecular complexity index is 542. The number of halogens is 1. The second-order valence-corrected chi connectivity index (χ2v) is 4.79. The minimum atomic E-state index is -0.304. The Balaban J connectivity index is 2.35. The van der Waals surface area contributed by atoms with Crippen molar-refractivity contribution in [1.29, 1.82) is 0 Å². The third-order valence-corrected chi connectivity index (χ3v) is 3.27. The molecule has 1 aromatic heterocycles. The Morgan fingerprint density at radius 3 is 3.00 bits per heavy atom. The lowest BCUT2D eigenvalue weighted by atomic mass is 10.0.